The molecule has 1 amide bonds. The number of benzene rings is 1. The summed E-state index contributed by atoms with van der Waals surface area (Å²) in [4.78, 5) is 23.5. The summed E-state index contributed by atoms with van der Waals surface area (Å²) in [6.07, 6.45) is 0. The number of thioether (sulfide) groups is 1. The standard InChI is InChI=1S/C19H22N4O3S2/c1-13-3-2-4-15-17(13)22-19(26-15)28-12-16-21-14(11-27-16)18(24)20-5-6-23-7-9-25-10-8-23/h2-4,11H,5-10,12H2,1H3,(H,20,24). The van der Waals surface area contributed by atoms with Gasteiger partial charge in [-0.2, -0.15) is 0 Å². The summed E-state index contributed by atoms with van der Waals surface area (Å²) in [6, 6.07) is 5.90. The van der Waals surface area contributed by atoms with Crippen molar-refractivity contribution in [2.45, 2.75) is 17.9 Å². The van der Waals surface area contributed by atoms with Crippen LogP contribution in [-0.2, 0) is 10.5 Å². The molecule has 3 aromatic rings. The summed E-state index contributed by atoms with van der Waals surface area (Å²) >= 11 is 2.97. The van der Waals surface area contributed by atoms with Crippen LogP contribution in [0.4, 0.5) is 0 Å². The van der Waals surface area contributed by atoms with Crippen molar-refractivity contribution in [1.82, 2.24) is 20.2 Å². The van der Waals surface area contributed by atoms with Crippen molar-refractivity contribution in [3.05, 3.63) is 39.8 Å². The minimum atomic E-state index is -0.127. The van der Waals surface area contributed by atoms with Gasteiger partial charge in [0.25, 0.3) is 11.1 Å². The smallest absolute Gasteiger partial charge is 0.270 e. The molecular weight excluding hydrogens is 396 g/mol. The molecule has 0 saturated carbocycles. The molecule has 0 spiro atoms. The third-order valence-electron chi connectivity index (χ3n) is 4.52. The van der Waals surface area contributed by atoms with Gasteiger partial charge < -0.3 is 14.5 Å². The lowest BCUT2D eigenvalue weighted by Crippen LogP contribution is -2.41. The molecule has 1 fully saturated rings. The van der Waals surface area contributed by atoms with Gasteiger partial charge in [0, 0.05) is 31.6 Å². The molecule has 3 heterocycles. The van der Waals surface area contributed by atoms with Crippen LogP contribution in [0.2, 0.25) is 0 Å². The molecule has 1 N–H and O–H groups in total. The fourth-order valence-electron chi connectivity index (χ4n) is 2.98. The Morgan fingerprint density at radius 2 is 2.18 bits per heavy atom. The molecule has 9 heteroatoms. The number of thiazole rings is 1. The van der Waals surface area contributed by atoms with Gasteiger partial charge in [0.2, 0.25) is 0 Å². The number of amides is 1. The number of nitrogens with one attached hydrogen (secondary N) is 1. The first kappa shape index (κ1) is 19.4. The molecule has 0 radical (unpaired) electrons. The molecule has 2 aromatic heterocycles. The van der Waals surface area contributed by atoms with Crippen LogP contribution in [0.1, 0.15) is 21.1 Å². The number of carbonyl (C=O) groups excluding carboxylic acids is 1. The maximum atomic E-state index is 12.3. The predicted octanol–water partition coefficient (Wildman–Crippen LogP) is 2.95. The van der Waals surface area contributed by atoms with Crippen molar-refractivity contribution < 1.29 is 13.9 Å². The van der Waals surface area contributed by atoms with Crippen molar-refractivity contribution in [3.8, 4) is 0 Å². The third-order valence-corrected chi connectivity index (χ3v) is 6.39. The van der Waals surface area contributed by atoms with E-state index in [1.165, 1.54) is 23.1 Å². The minimum absolute atomic E-state index is 0.127. The molecule has 148 valence electrons. The quantitative estimate of drug-likeness (QED) is 0.591. The van der Waals surface area contributed by atoms with Gasteiger partial charge in [0.15, 0.2) is 5.58 Å². The largest absolute Gasteiger partial charge is 0.431 e. The van der Waals surface area contributed by atoms with Gasteiger partial charge in [-0.25, -0.2) is 9.97 Å². The van der Waals surface area contributed by atoms with Crippen LogP contribution in [0.15, 0.2) is 33.2 Å². The van der Waals surface area contributed by atoms with Crippen LogP contribution < -0.4 is 5.32 Å². The molecule has 28 heavy (non-hydrogen) atoms. The molecule has 0 atom stereocenters. The average molecular weight is 419 g/mol. The number of hydrogen-bond acceptors (Lipinski definition) is 8. The monoisotopic (exact) mass is 418 g/mol. The number of morpholine rings is 1. The Bertz CT molecular complexity index is 950. The second-order valence-electron chi connectivity index (χ2n) is 6.53. The summed E-state index contributed by atoms with van der Waals surface area (Å²) in [5, 5.41) is 6.24. The van der Waals surface area contributed by atoms with E-state index in [4.69, 9.17) is 9.15 Å². The Kier molecular flexibility index (Phi) is 6.26. The highest BCUT2D eigenvalue weighted by atomic mass is 32.2. The number of carbonyl (C=O) groups is 1. The van der Waals surface area contributed by atoms with Gasteiger partial charge in [-0.3, -0.25) is 9.69 Å². The van der Waals surface area contributed by atoms with Crippen LogP contribution in [0.3, 0.4) is 0 Å². The fraction of sp³-hybridized carbons (Fsp3) is 0.421. The van der Waals surface area contributed by atoms with Crippen LogP contribution >= 0.6 is 23.1 Å². The second-order valence-corrected chi connectivity index (χ2v) is 8.40. The highest BCUT2D eigenvalue weighted by Crippen LogP contribution is 2.28. The Balaban J connectivity index is 1.27. The van der Waals surface area contributed by atoms with Crippen molar-refractivity contribution in [2.24, 2.45) is 0 Å². The Morgan fingerprint density at radius 3 is 3.00 bits per heavy atom. The lowest BCUT2D eigenvalue weighted by atomic mass is 10.2. The van der Waals surface area contributed by atoms with E-state index in [2.05, 4.69) is 20.2 Å². The van der Waals surface area contributed by atoms with Gasteiger partial charge in [-0.15, -0.1) is 11.3 Å². The molecule has 7 nitrogen and oxygen atoms in total. The molecule has 1 aliphatic heterocycles. The van der Waals surface area contributed by atoms with E-state index >= 15 is 0 Å². The van der Waals surface area contributed by atoms with E-state index in [1.807, 2.05) is 25.1 Å². The summed E-state index contributed by atoms with van der Waals surface area (Å²) in [6.45, 7) is 6.83. The minimum Gasteiger partial charge on any atom is -0.431 e. The molecule has 0 aliphatic carbocycles. The molecule has 0 unspecified atom stereocenters. The maximum Gasteiger partial charge on any atom is 0.270 e. The predicted molar refractivity (Wildman–Crippen MR) is 110 cm³/mol. The highest BCUT2D eigenvalue weighted by Gasteiger charge is 2.14. The molecule has 0 bridgehead atoms. The fourth-order valence-corrected chi connectivity index (χ4v) is 4.60. The SMILES string of the molecule is Cc1cccc2oc(SCc3nc(C(=O)NCCN4CCOCC4)cs3)nc12. The lowest BCUT2D eigenvalue weighted by molar-refractivity contribution is 0.0383. The highest BCUT2D eigenvalue weighted by molar-refractivity contribution is 7.98. The zero-order valence-electron chi connectivity index (χ0n) is 15.6. The molecular formula is C19H22N4O3S2. The first-order chi connectivity index (χ1) is 13.7. The Labute approximate surface area is 171 Å². The van der Waals surface area contributed by atoms with E-state index in [-0.39, 0.29) is 5.91 Å². The number of para-hydroxylation sites is 1. The Hall–Kier alpha value is -1.94. The van der Waals surface area contributed by atoms with E-state index in [9.17, 15) is 4.79 Å². The summed E-state index contributed by atoms with van der Waals surface area (Å²) in [7, 11) is 0. The van der Waals surface area contributed by atoms with Crippen LogP contribution in [-0.4, -0.2) is 60.2 Å². The van der Waals surface area contributed by atoms with Crippen LogP contribution in [0.5, 0.6) is 0 Å². The van der Waals surface area contributed by atoms with E-state index < -0.39 is 0 Å². The topological polar surface area (TPSA) is 80.5 Å². The Morgan fingerprint density at radius 1 is 1.32 bits per heavy atom. The van der Waals surface area contributed by atoms with Crippen molar-refractivity contribution in [1.29, 1.82) is 0 Å². The van der Waals surface area contributed by atoms with Gasteiger partial charge in [0.1, 0.15) is 16.2 Å². The zero-order valence-corrected chi connectivity index (χ0v) is 17.3. The number of nitrogens with zero attached hydrogens (tertiary/aromatic N) is 3. The van der Waals surface area contributed by atoms with E-state index in [0.29, 0.717) is 23.2 Å². The second kappa shape index (κ2) is 9.04. The molecule has 1 aliphatic rings. The molecule has 1 saturated heterocycles. The van der Waals surface area contributed by atoms with Gasteiger partial charge >= 0.3 is 0 Å². The lowest BCUT2D eigenvalue weighted by Gasteiger charge is -2.26. The third kappa shape index (κ3) is 4.72. The number of rotatable bonds is 7. The van der Waals surface area contributed by atoms with Gasteiger partial charge in [-0.05, 0) is 18.6 Å². The maximum absolute atomic E-state index is 12.3. The van der Waals surface area contributed by atoms with Crippen molar-refractivity contribution >= 4 is 40.1 Å². The first-order valence-corrected chi connectivity index (χ1v) is 11.1. The number of oxazole rings is 1. The number of ether oxygens (including phenoxy) is 1. The van der Waals surface area contributed by atoms with E-state index in [0.717, 1.165) is 54.5 Å². The zero-order chi connectivity index (χ0) is 19.3. The summed E-state index contributed by atoms with van der Waals surface area (Å²) in [5.41, 5.74) is 3.25. The average Bonchev–Trinajstić information content (AvgIpc) is 3.35. The van der Waals surface area contributed by atoms with Crippen LogP contribution in [0, 0.1) is 6.92 Å². The number of fused-ring (bicyclic) bond motifs is 1. The van der Waals surface area contributed by atoms with Crippen molar-refractivity contribution in [2.75, 3.05) is 39.4 Å². The number of aryl methyl sites for hydroxylation is 1. The number of aromatic nitrogens is 2. The van der Waals surface area contributed by atoms with Crippen molar-refractivity contribution in [3.63, 3.8) is 0 Å². The summed E-state index contributed by atoms with van der Waals surface area (Å²) in [5.74, 6) is 0.496. The van der Waals surface area contributed by atoms with E-state index in [1.54, 1.807) is 5.38 Å². The first-order valence-electron chi connectivity index (χ1n) is 9.21. The van der Waals surface area contributed by atoms with Gasteiger partial charge in [-0.1, -0.05) is 23.9 Å². The number of hydrogen-bond donors (Lipinski definition) is 1. The normalized spacial score (nSPS) is 15.2. The molecule has 1 aromatic carbocycles. The molecule has 4 rings (SSSR count). The summed E-state index contributed by atoms with van der Waals surface area (Å²) < 4.78 is 11.1. The van der Waals surface area contributed by atoms with Gasteiger partial charge in [0.05, 0.1) is 19.0 Å². The van der Waals surface area contributed by atoms with Crippen LogP contribution in [0.25, 0.3) is 11.1 Å².